The van der Waals surface area contributed by atoms with Crippen LogP contribution in [0.4, 0.5) is 11.4 Å². The second-order valence-corrected chi connectivity index (χ2v) is 10.0. The van der Waals surface area contributed by atoms with Crippen LogP contribution < -0.4 is 9.80 Å². The maximum absolute atomic E-state index is 12.5. The minimum Gasteiger partial charge on any atom is -0.768 e. The van der Waals surface area contributed by atoms with Crippen molar-refractivity contribution in [3.05, 3.63) is 125 Å². The zero-order valence-corrected chi connectivity index (χ0v) is 21.4. The molecule has 35 heavy (non-hydrogen) atoms. The van der Waals surface area contributed by atoms with Crippen molar-refractivity contribution in [2.75, 3.05) is 38.0 Å². The van der Waals surface area contributed by atoms with Gasteiger partial charge in [-0.1, -0.05) is 72.8 Å². The highest BCUT2D eigenvalue weighted by Crippen LogP contribution is 2.45. The fourth-order valence-electron chi connectivity index (χ4n) is 4.64. The molecule has 0 aliphatic rings. The van der Waals surface area contributed by atoms with Gasteiger partial charge in [0.15, 0.2) is 0 Å². The van der Waals surface area contributed by atoms with E-state index in [4.69, 9.17) is 0 Å². The maximum atomic E-state index is 12.5. The van der Waals surface area contributed by atoms with Gasteiger partial charge in [0.2, 0.25) is 0 Å². The lowest BCUT2D eigenvalue weighted by Crippen LogP contribution is -2.18. The number of anilines is 2. The molecule has 0 spiro atoms. The van der Waals surface area contributed by atoms with Gasteiger partial charge in [-0.15, -0.1) is 0 Å². The minimum absolute atomic E-state index is 0.0812. The van der Waals surface area contributed by atoms with Crippen LogP contribution in [0.3, 0.4) is 0 Å². The monoisotopic (exact) mass is 483 g/mol. The molecule has 0 saturated heterocycles. The Morgan fingerprint density at radius 3 is 1.51 bits per heavy atom. The molecule has 2 unspecified atom stereocenters. The first kappa shape index (κ1) is 24.7. The first-order chi connectivity index (χ1) is 16.9. The summed E-state index contributed by atoms with van der Waals surface area (Å²) in [6.45, 7) is 0. The quantitative estimate of drug-likeness (QED) is 0.288. The Bertz CT molecular complexity index is 1230. The molecule has 0 amide bonds. The number of hydrogen-bond acceptors (Lipinski definition) is 4. The predicted octanol–water partition coefficient (Wildman–Crippen LogP) is 6.02. The van der Waals surface area contributed by atoms with Gasteiger partial charge in [0.05, 0.1) is 0 Å². The molecule has 4 aromatic rings. The SMILES string of the molecule is CN(C)c1ccc(C(c2cc(N(C)C)ccc2S(=O)[O-])C(c2ccccc2)c2ccccc2)cc1. The average Bonchev–Trinajstić information content (AvgIpc) is 2.88. The van der Waals surface area contributed by atoms with E-state index in [9.17, 15) is 8.76 Å². The Morgan fingerprint density at radius 1 is 0.600 bits per heavy atom. The number of hydrogen-bond donors (Lipinski definition) is 0. The van der Waals surface area contributed by atoms with Crippen molar-refractivity contribution in [3.63, 3.8) is 0 Å². The van der Waals surface area contributed by atoms with Crippen LogP contribution in [0.2, 0.25) is 0 Å². The van der Waals surface area contributed by atoms with Gasteiger partial charge in [-0.2, -0.15) is 0 Å². The summed E-state index contributed by atoms with van der Waals surface area (Å²) in [5.74, 6) is -0.300. The summed E-state index contributed by atoms with van der Waals surface area (Å²) in [4.78, 5) is 4.40. The third kappa shape index (κ3) is 5.47. The normalized spacial score (nSPS) is 12.9. The summed E-state index contributed by atoms with van der Waals surface area (Å²) >= 11 is -2.37. The smallest absolute Gasteiger partial charge is 0.0364 e. The molecule has 0 aliphatic heterocycles. The lowest BCUT2D eigenvalue weighted by atomic mass is 9.73. The highest BCUT2D eigenvalue weighted by Gasteiger charge is 2.30. The molecule has 0 N–H and O–H groups in total. The number of benzene rings is 4. The molecule has 4 aromatic carbocycles. The molecular weight excluding hydrogens is 452 g/mol. The van der Waals surface area contributed by atoms with Crippen LogP contribution >= 0.6 is 0 Å². The van der Waals surface area contributed by atoms with E-state index in [2.05, 4.69) is 53.4 Å². The Labute approximate surface area is 211 Å². The van der Waals surface area contributed by atoms with Crippen molar-refractivity contribution in [1.29, 1.82) is 0 Å². The van der Waals surface area contributed by atoms with Gasteiger partial charge >= 0.3 is 0 Å². The fraction of sp³-hybridized carbons (Fsp3) is 0.200. The van der Waals surface area contributed by atoms with Crippen molar-refractivity contribution < 1.29 is 8.76 Å². The third-order valence-corrected chi connectivity index (χ3v) is 7.17. The van der Waals surface area contributed by atoms with Crippen molar-refractivity contribution in [1.82, 2.24) is 0 Å². The van der Waals surface area contributed by atoms with E-state index in [0.29, 0.717) is 4.90 Å². The summed E-state index contributed by atoms with van der Waals surface area (Å²) in [6.07, 6.45) is 0. The standard InChI is InChI=1S/C30H32N2O2S/c1-31(2)25-17-15-24(16-18-25)30(27-21-26(32(3)4)19-20-28(27)35(33)34)29(22-11-7-5-8-12-22)23-13-9-6-10-14-23/h5-21,29-30H,1-4H3,(H,33,34)/p-1. The molecule has 180 valence electrons. The first-order valence-corrected chi connectivity index (χ1v) is 12.7. The van der Waals surface area contributed by atoms with Crippen molar-refractivity contribution in [2.45, 2.75) is 16.7 Å². The molecule has 0 heterocycles. The second-order valence-electron chi connectivity index (χ2n) is 9.11. The Kier molecular flexibility index (Phi) is 7.69. The highest BCUT2D eigenvalue weighted by atomic mass is 32.2. The van der Waals surface area contributed by atoms with Gasteiger partial charge in [-0.05, 0) is 63.7 Å². The summed E-state index contributed by atoms with van der Waals surface area (Å²) in [7, 11) is 7.98. The van der Waals surface area contributed by atoms with Gasteiger partial charge in [0.25, 0.3) is 0 Å². The van der Waals surface area contributed by atoms with Gasteiger partial charge in [0, 0.05) is 56.3 Å². The molecule has 0 fully saturated rings. The molecule has 4 rings (SSSR count). The molecule has 0 radical (unpaired) electrons. The third-order valence-electron chi connectivity index (χ3n) is 6.44. The molecule has 0 saturated carbocycles. The topological polar surface area (TPSA) is 46.6 Å². The predicted molar refractivity (Wildman–Crippen MR) is 145 cm³/mol. The van der Waals surface area contributed by atoms with Gasteiger partial charge < -0.3 is 14.4 Å². The summed E-state index contributed by atoms with van der Waals surface area (Å²) in [6, 6.07) is 34.7. The van der Waals surface area contributed by atoms with Gasteiger partial charge in [-0.3, -0.25) is 4.21 Å². The molecule has 2 atom stereocenters. The Morgan fingerprint density at radius 2 is 1.06 bits per heavy atom. The van der Waals surface area contributed by atoms with Crippen molar-refractivity contribution in [2.24, 2.45) is 0 Å². The molecule has 0 bridgehead atoms. The van der Waals surface area contributed by atoms with Crippen molar-refractivity contribution in [3.8, 4) is 0 Å². The van der Waals surface area contributed by atoms with E-state index in [-0.39, 0.29) is 11.8 Å². The summed E-state index contributed by atoms with van der Waals surface area (Å²) in [5, 5.41) is 0. The number of rotatable bonds is 8. The minimum atomic E-state index is -2.37. The van der Waals surface area contributed by atoms with E-state index in [1.807, 2.05) is 81.6 Å². The van der Waals surface area contributed by atoms with Crippen LogP contribution in [0.5, 0.6) is 0 Å². The highest BCUT2D eigenvalue weighted by molar-refractivity contribution is 7.79. The van der Waals surface area contributed by atoms with Crippen LogP contribution in [0.25, 0.3) is 0 Å². The second kappa shape index (κ2) is 10.9. The number of nitrogens with zero attached hydrogens (tertiary/aromatic N) is 2. The van der Waals surface area contributed by atoms with Gasteiger partial charge in [-0.25, -0.2) is 0 Å². The Hall–Kier alpha value is -3.41. The van der Waals surface area contributed by atoms with Crippen LogP contribution in [0.15, 0.2) is 108 Å². The molecular formula is C30H31N2O2S-. The Balaban J connectivity index is 2.03. The maximum Gasteiger partial charge on any atom is 0.0364 e. The molecule has 4 nitrogen and oxygen atoms in total. The lowest BCUT2D eigenvalue weighted by molar-refractivity contribution is 0.534. The summed E-state index contributed by atoms with van der Waals surface area (Å²) in [5.41, 5.74) is 6.19. The zero-order chi connectivity index (χ0) is 24.9. The zero-order valence-electron chi connectivity index (χ0n) is 20.6. The van der Waals surface area contributed by atoms with E-state index in [1.54, 1.807) is 6.07 Å². The molecule has 5 heteroatoms. The van der Waals surface area contributed by atoms with E-state index in [1.165, 1.54) is 0 Å². The largest absolute Gasteiger partial charge is 0.768 e. The van der Waals surface area contributed by atoms with Crippen LogP contribution in [-0.2, 0) is 11.1 Å². The first-order valence-electron chi connectivity index (χ1n) is 11.6. The van der Waals surface area contributed by atoms with Crippen LogP contribution in [0.1, 0.15) is 34.1 Å². The van der Waals surface area contributed by atoms with E-state index >= 15 is 0 Å². The lowest BCUT2D eigenvalue weighted by Gasteiger charge is -2.32. The van der Waals surface area contributed by atoms with Crippen LogP contribution in [0, 0.1) is 0 Å². The average molecular weight is 484 g/mol. The molecule has 0 aliphatic carbocycles. The summed E-state index contributed by atoms with van der Waals surface area (Å²) < 4.78 is 24.9. The van der Waals surface area contributed by atoms with Gasteiger partial charge in [0.1, 0.15) is 0 Å². The van der Waals surface area contributed by atoms with Crippen molar-refractivity contribution >= 4 is 22.5 Å². The fourth-order valence-corrected chi connectivity index (χ4v) is 5.20. The molecule has 0 aromatic heterocycles. The van der Waals surface area contributed by atoms with E-state index in [0.717, 1.165) is 33.6 Å². The van der Waals surface area contributed by atoms with E-state index < -0.39 is 11.1 Å². The van der Waals surface area contributed by atoms with Crippen LogP contribution in [-0.4, -0.2) is 37.0 Å².